The fourth-order valence-corrected chi connectivity index (χ4v) is 0.928. The monoisotopic (exact) mass is 206 g/mol. The normalized spacial score (nSPS) is 8.13. The molecule has 82 valence electrons. The van der Waals surface area contributed by atoms with Crippen molar-refractivity contribution in [3.8, 4) is 11.8 Å². The minimum absolute atomic E-state index is 0.156. The van der Waals surface area contributed by atoms with Crippen LogP contribution in [-0.2, 0) is 9.53 Å². The van der Waals surface area contributed by atoms with Gasteiger partial charge in [0.15, 0.2) is 6.61 Å². The molecular weight excluding hydrogens is 188 g/mol. The predicted molar refractivity (Wildman–Crippen MR) is 61.2 cm³/mol. The third-order valence-electron chi connectivity index (χ3n) is 1.73. The summed E-state index contributed by atoms with van der Waals surface area (Å²) in [7, 11) is 0. The van der Waals surface area contributed by atoms with E-state index in [0.29, 0.717) is 0 Å². The van der Waals surface area contributed by atoms with Gasteiger partial charge in [-0.3, -0.25) is 0 Å². The molecule has 0 radical (unpaired) electrons. The zero-order valence-corrected chi connectivity index (χ0v) is 9.51. The Morgan fingerprint density at radius 1 is 1.40 bits per heavy atom. The van der Waals surface area contributed by atoms with Crippen molar-refractivity contribution in [3.63, 3.8) is 0 Å². The lowest BCUT2D eigenvalue weighted by atomic mass is 10.2. The summed E-state index contributed by atoms with van der Waals surface area (Å²) in [5, 5.41) is 0. The van der Waals surface area contributed by atoms with E-state index in [0.717, 1.165) is 12.8 Å². The molecule has 0 rings (SSSR count). The molecular formula is C13H18O2. The molecule has 0 aromatic carbocycles. The first-order valence-electron chi connectivity index (χ1n) is 5.28. The molecule has 0 aliphatic rings. The van der Waals surface area contributed by atoms with Crippen LogP contribution in [0.25, 0.3) is 0 Å². The Labute approximate surface area is 92.0 Å². The van der Waals surface area contributed by atoms with Crippen LogP contribution in [0.5, 0.6) is 0 Å². The second-order valence-electron chi connectivity index (χ2n) is 3.05. The van der Waals surface area contributed by atoms with Crippen LogP contribution in [-0.4, -0.2) is 12.6 Å². The van der Waals surface area contributed by atoms with Crippen molar-refractivity contribution in [2.75, 3.05) is 6.61 Å². The van der Waals surface area contributed by atoms with Crippen LogP contribution in [0.1, 0.15) is 39.5 Å². The van der Waals surface area contributed by atoms with Crippen LogP contribution < -0.4 is 0 Å². The van der Waals surface area contributed by atoms with E-state index in [4.69, 9.17) is 4.74 Å². The van der Waals surface area contributed by atoms with Gasteiger partial charge in [-0.25, -0.2) is 4.79 Å². The third kappa shape index (κ3) is 10.5. The number of hydrogen-bond acceptors (Lipinski definition) is 2. The topological polar surface area (TPSA) is 26.3 Å². The van der Waals surface area contributed by atoms with Gasteiger partial charge in [-0.1, -0.05) is 25.7 Å². The van der Waals surface area contributed by atoms with E-state index in [1.807, 2.05) is 6.08 Å². The number of unbranched alkanes of at least 4 members (excludes halogenated alkanes) is 3. The quantitative estimate of drug-likeness (QED) is 0.219. The van der Waals surface area contributed by atoms with E-state index in [2.05, 4.69) is 24.5 Å². The van der Waals surface area contributed by atoms with Gasteiger partial charge >= 0.3 is 5.97 Å². The van der Waals surface area contributed by atoms with Crippen LogP contribution in [0.2, 0.25) is 0 Å². The Morgan fingerprint density at radius 3 is 2.87 bits per heavy atom. The highest BCUT2D eigenvalue weighted by Gasteiger charge is 1.91. The second kappa shape index (κ2) is 10.6. The summed E-state index contributed by atoms with van der Waals surface area (Å²) >= 11 is 0. The van der Waals surface area contributed by atoms with Crippen LogP contribution in [0.3, 0.4) is 0 Å². The van der Waals surface area contributed by atoms with E-state index in [9.17, 15) is 4.79 Å². The van der Waals surface area contributed by atoms with Gasteiger partial charge in [-0.15, -0.1) is 11.7 Å². The molecule has 0 atom stereocenters. The molecule has 0 unspecified atom stereocenters. The lowest BCUT2D eigenvalue weighted by Gasteiger charge is -1.91. The smallest absolute Gasteiger partial charge is 0.339 e. The zero-order valence-electron chi connectivity index (χ0n) is 9.51. The summed E-state index contributed by atoms with van der Waals surface area (Å²) in [5.74, 6) is 4.91. The lowest BCUT2D eigenvalue weighted by molar-refractivity contribution is -0.136. The van der Waals surface area contributed by atoms with Gasteiger partial charge in [-0.05, 0) is 25.8 Å². The van der Waals surface area contributed by atoms with Gasteiger partial charge in [0.05, 0.1) is 6.08 Å². The molecule has 0 aromatic heterocycles. The van der Waals surface area contributed by atoms with Crippen molar-refractivity contribution in [2.24, 2.45) is 0 Å². The first-order chi connectivity index (χ1) is 7.31. The summed E-state index contributed by atoms with van der Waals surface area (Å²) in [5.41, 5.74) is 2.80. The highest BCUT2D eigenvalue weighted by atomic mass is 16.5. The number of carbonyl (C=O) groups is 1. The molecule has 0 saturated carbocycles. The van der Waals surface area contributed by atoms with Crippen LogP contribution in [0, 0.1) is 11.8 Å². The summed E-state index contributed by atoms with van der Waals surface area (Å²) in [6.45, 7) is 4.02. The summed E-state index contributed by atoms with van der Waals surface area (Å²) < 4.78 is 4.76. The second-order valence-corrected chi connectivity index (χ2v) is 3.05. The minimum Gasteiger partial charge on any atom is -0.449 e. The molecule has 15 heavy (non-hydrogen) atoms. The number of carbonyl (C=O) groups excluding carboxylic acids is 1. The molecule has 0 bridgehead atoms. The molecule has 0 spiro atoms. The average Bonchev–Trinajstić information content (AvgIpc) is 2.23. The van der Waals surface area contributed by atoms with Crippen LogP contribution >= 0.6 is 0 Å². The van der Waals surface area contributed by atoms with Crippen molar-refractivity contribution in [1.82, 2.24) is 0 Å². The van der Waals surface area contributed by atoms with E-state index < -0.39 is 0 Å². The standard InChI is InChI=1S/C13H18O2/c1-3-5-7-8-9-10-11-13(14)15-12-6-4-2/h9,11H,3,5,7-8,12H2,1-2H3. The van der Waals surface area contributed by atoms with Crippen LogP contribution in [0.4, 0.5) is 0 Å². The van der Waals surface area contributed by atoms with E-state index >= 15 is 0 Å². The SMILES string of the molecule is CC#CCOC(=O)C=C=CCCCCC. The molecule has 0 heterocycles. The molecule has 2 nitrogen and oxygen atoms in total. The Balaban J connectivity index is 3.63. The average molecular weight is 206 g/mol. The molecule has 0 amide bonds. The maximum atomic E-state index is 11.0. The number of rotatable bonds is 6. The summed E-state index contributed by atoms with van der Waals surface area (Å²) in [6, 6.07) is 0. The highest BCUT2D eigenvalue weighted by molar-refractivity contribution is 5.81. The van der Waals surface area contributed by atoms with E-state index in [-0.39, 0.29) is 12.6 Å². The van der Waals surface area contributed by atoms with Crippen LogP contribution in [0.15, 0.2) is 17.9 Å². The highest BCUT2D eigenvalue weighted by Crippen LogP contribution is 1.98. The van der Waals surface area contributed by atoms with Gasteiger partial charge in [0, 0.05) is 0 Å². The first-order valence-corrected chi connectivity index (χ1v) is 5.28. The number of esters is 1. The molecule has 0 aromatic rings. The van der Waals surface area contributed by atoms with E-state index in [1.54, 1.807) is 6.92 Å². The summed E-state index contributed by atoms with van der Waals surface area (Å²) in [4.78, 5) is 11.0. The maximum Gasteiger partial charge on any atom is 0.339 e. The van der Waals surface area contributed by atoms with Crippen molar-refractivity contribution in [2.45, 2.75) is 39.5 Å². The Hall–Kier alpha value is -1.45. The Morgan fingerprint density at radius 2 is 2.20 bits per heavy atom. The number of hydrogen-bond donors (Lipinski definition) is 0. The van der Waals surface area contributed by atoms with Gasteiger partial charge < -0.3 is 4.74 Å². The molecule has 0 saturated heterocycles. The molecule has 0 aliphatic carbocycles. The van der Waals surface area contributed by atoms with E-state index in [1.165, 1.54) is 18.9 Å². The summed E-state index contributed by atoms with van der Waals surface area (Å²) in [6.07, 6.45) is 7.70. The van der Waals surface area contributed by atoms with Gasteiger partial charge in [0.25, 0.3) is 0 Å². The van der Waals surface area contributed by atoms with Crippen molar-refractivity contribution < 1.29 is 9.53 Å². The molecule has 0 aliphatic heterocycles. The predicted octanol–water partition coefficient (Wildman–Crippen LogP) is 2.84. The van der Waals surface area contributed by atoms with Gasteiger partial charge in [-0.2, -0.15) is 0 Å². The zero-order chi connectivity index (χ0) is 11.4. The molecule has 0 N–H and O–H groups in total. The molecule has 2 heteroatoms. The van der Waals surface area contributed by atoms with Gasteiger partial charge in [0.2, 0.25) is 0 Å². The maximum absolute atomic E-state index is 11.0. The fraction of sp³-hybridized carbons (Fsp3) is 0.538. The minimum atomic E-state index is -0.385. The lowest BCUT2D eigenvalue weighted by Crippen LogP contribution is -1.99. The Bertz CT molecular complexity index is 285. The van der Waals surface area contributed by atoms with Crippen molar-refractivity contribution >= 4 is 5.97 Å². The van der Waals surface area contributed by atoms with Crippen molar-refractivity contribution in [1.29, 1.82) is 0 Å². The molecule has 0 fully saturated rings. The number of ether oxygens (including phenoxy) is 1. The fourth-order valence-electron chi connectivity index (χ4n) is 0.928. The van der Waals surface area contributed by atoms with Crippen molar-refractivity contribution in [3.05, 3.63) is 17.9 Å². The first kappa shape index (κ1) is 13.5. The van der Waals surface area contributed by atoms with Gasteiger partial charge in [0.1, 0.15) is 0 Å². The largest absolute Gasteiger partial charge is 0.449 e. The third-order valence-corrected chi connectivity index (χ3v) is 1.73. The Kier molecular flexibility index (Phi) is 9.60.